The number of nitrogens with two attached hydrogens (primary N) is 1. The zero-order chi connectivity index (χ0) is 7.94. The SMILES string of the molecule is NCCN[C@H]1CCCSCC1. The van der Waals surface area contributed by atoms with Gasteiger partial charge in [-0.15, -0.1) is 0 Å². The van der Waals surface area contributed by atoms with Crippen LogP contribution in [0.4, 0.5) is 0 Å². The summed E-state index contributed by atoms with van der Waals surface area (Å²) in [5.41, 5.74) is 5.42. The van der Waals surface area contributed by atoms with E-state index < -0.39 is 0 Å². The lowest BCUT2D eigenvalue weighted by Gasteiger charge is -2.14. The highest BCUT2D eigenvalue weighted by Crippen LogP contribution is 2.16. The summed E-state index contributed by atoms with van der Waals surface area (Å²) < 4.78 is 0. The Labute approximate surface area is 73.3 Å². The third kappa shape index (κ3) is 3.99. The quantitative estimate of drug-likeness (QED) is 0.665. The van der Waals surface area contributed by atoms with Gasteiger partial charge in [0.2, 0.25) is 0 Å². The number of nitrogens with one attached hydrogen (secondary N) is 1. The molecule has 0 aromatic carbocycles. The van der Waals surface area contributed by atoms with Gasteiger partial charge in [-0.25, -0.2) is 0 Å². The molecule has 2 nitrogen and oxygen atoms in total. The molecule has 0 bridgehead atoms. The molecule has 0 amide bonds. The summed E-state index contributed by atoms with van der Waals surface area (Å²) in [6.07, 6.45) is 4.03. The number of hydrogen-bond donors (Lipinski definition) is 2. The van der Waals surface area contributed by atoms with Crippen molar-refractivity contribution in [3.63, 3.8) is 0 Å². The van der Waals surface area contributed by atoms with Crippen molar-refractivity contribution < 1.29 is 0 Å². The fourth-order valence-electron chi connectivity index (χ4n) is 1.40. The fourth-order valence-corrected chi connectivity index (χ4v) is 2.42. The van der Waals surface area contributed by atoms with E-state index in [2.05, 4.69) is 17.1 Å². The Morgan fingerprint density at radius 2 is 2.27 bits per heavy atom. The summed E-state index contributed by atoms with van der Waals surface area (Å²) in [4.78, 5) is 0. The smallest absolute Gasteiger partial charge is 0.00771 e. The maximum atomic E-state index is 5.42. The molecule has 0 aliphatic carbocycles. The summed E-state index contributed by atoms with van der Waals surface area (Å²) in [5, 5.41) is 3.47. The number of hydrogen-bond acceptors (Lipinski definition) is 3. The van der Waals surface area contributed by atoms with E-state index in [1.165, 1.54) is 30.8 Å². The predicted molar refractivity (Wildman–Crippen MR) is 52.0 cm³/mol. The monoisotopic (exact) mass is 174 g/mol. The highest BCUT2D eigenvalue weighted by atomic mass is 32.2. The predicted octanol–water partition coefficient (Wildman–Crippen LogP) is 0.820. The average Bonchev–Trinajstić information content (AvgIpc) is 2.28. The van der Waals surface area contributed by atoms with Crippen molar-refractivity contribution in [3.8, 4) is 0 Å². The molecule has 11 heavy (non-hydrogen) atoms. The molecule has 1 aliphatic heterocycles. The maximum Gasteiger partial charge on any atom is 0.00771 e. The van der Waals surface area contributed by atoms with E-state index >= 15 is 0 Å². The minimum Gasteiger partial charge on any atom is -0.329 e. The van der Waals surface area contributed by atoms with Crippen LogP contribution in [0.15, 0.2) is 0 Å². The van der Waals surface area contributed by atoms with Gasteiger partial charge in [0.15, 0.2) is 0 Å². The van der Waals surface area contributed by atoms with Gasteiger partial charge < -0.3 is 11.1 Å². The van der Waals surface area contributed by atoms with Gasteiger partial charge in [-0.3, -0.25) is 0 Å². The summed E-state index contributed by atoms with van der Waals surface area (Å²) in [7, 11) is 0. The molecule has 1 rings (SSSR count). The molecule has 1 aliphatic rings. The van der Waals surface area contributed by atoms with Crippen molar-refractivity contribution in [2.24, 2.45) is 5.73 Å². The molecule has 66 valence electrons. The third-order valence-corrected chi connectivity index (χ3v) is 3.13. The first-order valence-corrected chi connectivity index (χ1v) is 5.60. The van der Waals surface area contributed by atoms with Gasteiger partial charge in [-0.05, 0) is 30.8 Å². The molecule has 0 saturated carbocycles. The van der Waals surface area contributed by atoms with Crippen molar-refractivity contribution >= 4 is 11.8 Å². The minimum atomic E-state index is 0.744. The van der Waals surface area contributed by atoms with E-state index in [1.807, 2.05) is 0 Å². The lowest BCUT2D eigenvalue weighted by atomic mass is 10.1. The van der Waals surface area contributed by atoms with E-state index in [9.17, 15) is 0 Å². The molecular formula is C8H18N2S. The van der Waals surface area contributed by atoms with Crippen LogP contribution in [0, 0.1) is 0 Å². The van der Waals surface area contributed by atoms with Crippen LogP contribution in [0.3, 0.4) is 0 Å². The van der Waals surface area contributed by atoms with Crippen LogP contribution in [0.25, 0.3) is 0 Å². The largest absolute Gasteiger partial charge is 0.329 e. The molecule has 1 fully saturated rings. The normalized spacial score (nSPS) is 26.5. The van der Waals surface area contributed by atoms with E-state index in [1.54, 1.807) is 0 Å². The Morgan fingerprint density at radius 3 is 3.09 bits per heavy atom. The van der Waals surface area contributed by atoms with E-state index in [4.69, 9.17) is 5.73 Å². The topological polar surface area (TPSA) is 38.0 Å². The first-order chi connectivity index (χ1) is 5.43. The van der Waals surface area contributed by atoms with Gasteiger partial charge in [0, 0.05) is 19.1 Å². The summed E-state index contributed by atoms with van der Waals surface area (Å²) in [6, 6.07) is 0.744. The zero-order valence-corrected chi connectivity index (χ0v) is 7.83. The van der Waals surface area contributed by atoms with Crippen LogP contribution in [0.1, 0.15) is 19.3 Å². The molecular weight excluding hydrogens is 156 g/mol. The molecule has 0 unspecified atom stereocenters. The van der Waals surface area contributed by atoms with Crippen molar-refractivity contribution in [1.82, 2.24) is 5.32 Å². The van der Waals surface area contributed by atoms with Gasteiger partial charge in [0.25, 0.3) is 0 Å². The second-order valence-corrected chi connectivity index (χ2v) is 4.21. The van der Waals surface area contributed by atoms with Crippen molar-refractivity contribution in [1.29, 1.82) is 0 Å². The van der Waals surface area contributed by atoms with Crippen LogP contribution >= 0.6 is 11.8 Å². The van der Waals surface area contributed by atoms with Crippen LogP contribution in [-0.2, 0) is 0 Å². The first-order valence-electron chi connectivity index (χ1n) is 4.44. The Hall–Kier alpha value is 0.270. The van der Waals surface area contributed by atoms with Crippen LogP contribution in [0.5, 0.6) is 0 Å². The molecule has 3 heteroatoms. The zero-order valence-electron chi connectivity index (χ0n) is 7.01. The molecule has 3 N–H and O–H groups in total. The van der Waals surface area contributed by atoms with E-state index in [-0.39, 0.29) is 0 Å². The van der Waals surface area contributed by atoms with Crippen LogP contribution in [0.2, 0.25) is 0 Å². The average molecular weight is 174 g/mol. The number of rotatable bonds is 3. The van der Waals surface area contributed by atoms with Crippen molar-refractivity contribution in [3.05, 3.63) is 0 Å². The summed E-state index contributed by atoms with van der Waals surface area (Å²) in [5.74, 6) is 2.67. The van der Waals surface area contributed by atoms with E-state index in [0.717, 1.165) is 19.1 Å². The first kappa shape index (κ1) is 9.36. The van der Waals surface area contributed by atoms with Gasteiger partial charge in [0.1, 0.15) is 0 Å². The molecule has 1 atom stereocenters. The second kappa shape index (κ2) is 5.86. The molecule has 1 saturated heterocycles. The van der Waals surface area contributed by atoms with Crippen LogP contribution < -0.4 is 11.1 Å². The molecule has 0 aromatic rings. The van der Waals surface area contributed by atoms with Gasteiger partial charge in [-0.2, -0.15) is 11.8 Å². The molecule has 0 radical (unpaired) electrons. The van der Waals surface area contributed by atoms with E-state index in [0.29, 0.717) is 0 Å². The van der Waals surface area contributed by atoms with Crippen molar-refractivity contribution in [2.45, 2.75) is 25.3 Å². The standard InChI is InChI=1S/C8H18N2S/c9-4-5-10-8-2-1-6-11-7-3-8/h8,10H,1-7,9H2/t8-/m0/s1. The lowest BCUT2D eigenvalue weighted by Crippen LogP contribution is -2.33. The summed E-state index contributed by atoms with van der Waals surface area (Å²) in [6.45, 7) is 1.75. The van der Waals surface area contributed by atoms with Gasteiger partial charge in [-0.1, -0.05) is 0 Å². The minimum absolute atomic E-state index is 0.744. The third-order valence-electron chi connectivity index (χ3n) is 2.03. The fraction of sp³-hybridized carbons (Fsp3) is 1.00. The highest BCUT2D eigenvalue weighted by molar-refractivity contribution is 7.99. The van der Waals surface area contributed by atoms with Crippen molar-refractivity contribution in [2.75, 3.05) is 24.6 Å². The van der Waals surface area contributed by atoms with Gasteiger partial charge in [0.05, 0.1) is 0 Å². The molecule has 0 spiro atoms. The highest BCUT2D eigenvalue weighted by Gasteiger charge is 2.10. The Morgan fingerprint density at radius 1 is 1.36 bits per heavy atom. The Kier molecular flexibility index (Phi) is 4.99. The molecule has 0 aromatic heterocycles. The Balaban J connectivity index is 2.09. The second-order valence-electron chi connectivity index (χ2n) is 2.98. The maximum absolute atomic E-state index is 5.42. The summed E-state index contributed by atoms with van der Waals surface area (Å²) >= 11 is 2.08. The number of thioether (sulfide) groups is 1. The van der Waals surface area contributed by atoms with Gasteiger partial charge >= 0.3 is 0 Å². The van der Waals surface area contributed by atoms with Crippen LogP contribution in [-0.4, -0.2) is 30.6 Å². The lowest BCUT2D eigenvalue weighted by molar-refractivity contribution is 0.479. The molecule has 1 heterocycles. The Bertz CT molecular complexity index is 90.1.